The van der Waals surface area contributed by atoms with Gasteiger partial charge in [0.15, 0.2) is 0 Å². The van der Waals surface area contributed by atoms with E-state index in [4.69, 9.17) is 0 Å². The van der Waals surface area contributed by atoms with E-state index in [0.29, 0.717) is 12.2 Å². The highest BCUT2D eigenvalue weighted by atomic mass is 79.9. The molecule has 2 heterocycles. The van der Waals surface area contributed by atoms with E-state index in [0.717, 1.165) is 11.0 Å². The van der Waals surface area contributed by atoms with Crippen molar-refractivity contribution in [2.24, 2.45) is 0 Å². The summed E-state index contributed by atoms with van der Waals surface area (Å²) in [4.78, 5) is 14.5. The lowest BCUT2D eigenvalue weighted by Gasteiger charge is -2.04. The third-order valence-electron chi connectivity index (χ3n) is 2.21. The lowest BCUT2D eigenvalue weighted by atomic mass is 10.4. The van der Waals surface area contributed by atoms with Gasteiger partial charge >= 0.3 is 0 Å². The van der Waals surface area contributed by atoms with Crippen LogP contribution in [0, 0.1) is 0 Å². The number of nitrogens with one attached hydrogen (secondary N) is 2. The second-order valence-electron chi connectivity index (χ2n) is 3.41. The number of rotatable bonds is 4. The Hall–Kier alpha value is -1.49. The molecular formula is C11H12BrN3O. The van der Waals surface area contributed by atoms with Gasteiger partial charge in [-0.25, -0.2) is 0 Å². The fraction of sp³-hybridized carbons (Fsp3) is 0.182. The number of hydrogen-bond acceptors (Lipinski definition) is 1. The summed E-state index contributed by atoms with van der Waals surface area (Å²) in [6, 6.07) is 5.68. The monoisotopic (exact) mass is 281 g/mol. The van der Waals surface area contributed by atoms with E-state index in [2.05, 4.69) is 26.2 Å². The molecule has 0 aliphatic heterocycles. The van der Waals surface area contributed by atoms with Gasteiger partial charge in [0.2, 0.25) is 0 Å². The van der Waals surface area contributed by atoms with Crippen LogP contribution < -0.4 is 5.32 Å². The Kier molecular flexibility index (Phi) is 3.46. The van der Waals surface area contributed by atoms with Gasteiger partial charge in [0.25, 0.3) is 5.91 Å². The molecule has 0 aliphatic rings. The Bertz CT molecular complexity index is 461. The molecule has 0 radical (unpaired) electrons. The molecule has 2 aromatic rings. The highest BCUT2D eigenvalue weighted by Crippen LogP contribution is 2.10. The average molecular weight is 282 g/mol. The summed E-state index contributed by atoms with van der Waals surface area (Å²) in [5.41, 5.74) is 0.569. The molecule has 0 unspecified atom stereocenters. The molecule has 2 rings (SSSR count). The van der Waals surface area contributed by atoms with Gasteiger partial charge < -0.3 is 14.9 Å². The summed E-state index contributed by atoms with van der Waals surface area (Å²) in [6.45, 7) is 1.39. The SMILES string of the molecule is O=C(NCCn1cccc1)c1cc(Br)c[nH]1. The van der Waals surface area contributed by atoms with Gasteiger partial charge in [0.05, 0.1) is 0 Å². The van der Waals surface area contributed by atoms with Crippen LogP contribution in [0.5, 0.6) is 0 Å². The van der Waals surface area contributed by atoms with Crippen LogP contribution in [-0.4, -0.2) is 22.0 Å². The van der Waals surface area contributed by atoms with Crippen molar-refractivity contribution in [3.05, 3.63) is 47.0 Å². The van der Waals surface area contributed by atoms with Crippen molar-refractivity contribution < 1.29 is 4.79 Å². The maximum atomic E-state index is 11.6. The molecule has 2 aromatic heterocycles. The molecule has 0 fully saturated rings. The van der Waals surface area contributed by atoms with Gasteiger partial charge in [0, 0.05) is 36.2 Å². The van der Waals surface area contributed by atoms with Crippen LogP contribution in [0.15, 0.2) is 41.3 Å². The van der Waals surface area contributed by atoms with Gasteiger partial charge in [-0.3, -0.25) is 4.79 Å². The molecule has 2 N–H and O–H groups in total. The maximum Gasteiger partial charge on any atom is 0.267 e. The molecule has 0 saturated heterocycles. The highest BCUT2D eigenvalue weighted by Gasteiger charge is 2.06. The van der Waals surface area contributed by atoms with E-state index >= 15 is 0 Å². The molecular weight excluding hydrogens is 270 g/mol. The predicted molar refractivity (Wildman–Crippen MR) is 65.3 cm³/mol. The van der Waals surface area contributed by atoms with Crippen LogP contribution in [0.3, 0.4) is 0 Å². The standard InChI is InChI=1S/C11H12BrN3O/c12-9-7-10(14-8-9)11(16)13-3-6-15-4-1-2-5-15/h1-2,4-5,7-8,14H,3,6H2,(H,13,16). The van der Waals surface area contributed by atoms with Crippen molar-refractivity contribution in [2.75, 3.05) is 6.54 Å². The van der Waals surface area contributed by atoms with Gasteiger partial charge in [-0.2, -0.15) is 0 Å². The molecule has 5 heteroatoms. The molecule has 84 valence electrons. The van der Waals surface area contributed by atoms with Gasteiger partial charge in [-0.1, -0.05) is 0 Å². The summed E-state index contributed by atoms with van der Waals surface area (Å²) >= 11 is 3.28. The number of carbonyl (C=O) groups excluding carboxylic acids is 1. The second kappa shape index (κ2) is 5.03. The molecule has 0 atom stereocenters. The number of hydrogen-bond donors (Lipinski definition) is 2. The van der Waals surface area contributed by atoms with Crippen LogP contribution in [0.25, 0.3) is 0 Å². The van der Waals surface area contributed by atoms with E-state index in [1.807, 2.05) is 29.1 Å². The number of aromatic nitrogens is 2. The van der Waals surface area contributed by atoms with Crippen molar-refractivity contribution in [2.45, 2.75) is 6.54 Å². The van der Waals surface area contributed by atoms with Crippen LogP contribution >= 0.6 is 15.9 Å². The Morgan fingerprint density at radius 1 is 1.44 bits per heavy atom. The summed E-state index contributed by atoms with van der Waals surface area (Å²) < 4.78 is 2.90. The molecule has 0 aliphatic carbocycles. The van der Waals surface area contributed by atoms with Crippen LogP contribution in [-0.2, 0) is 6.54 Å². The maximum absolute atomic E-state index is 11.6. The van der Waals surface area contributed by atoms with Crippen molar-refractivity contribution in [3.63, 3.8) is 0 Å². The fourth-order valence-electron chi connectivity index (χ4n) is 1.41. The first kappa shape index (κ1) is 11.0. The van der Waals surface area contributed by atoms with Crippen molar-refractivity contribution in [1.29, 1.82) is 0 Å². The third-order valence-corrected chi connectivity index (χ3v) is 2.67. The van der Waals surface area contributed by atoms with Gasteiger partial charge in [0.1, 0.15) is 5.69 Å². The lowest BCUT2D eigenvalue weighted by molar-refractivity contribution is 0.0948. The molecule has 0 bridgehead atoms. The summed E-state index contributed by atoms with van der Waals surface area (Å²) in [5, 5.41) is 2.84. The lowest BCUT2D eigenvalue weighted by Crippen LogP contribution is -2.27. The largest absolute Gasteiger partial charge is 0.356 e. The molecule has 1 amide bonds. The smallest absolute Gasteiger partial charge is 0.267 e. The van der Waals surface area contributed by atoms with Gasteiger partial charge in [-0.15, -0.1) is 0 Å². The average Bonchev–Trinajstić information content (AvgIpc) is 2.89. The van der Waals surface area contributed by atoms with Crippen LogP contribution in [0.1, 0.15) is 10.5 Å². The minimum absolute atomic E-state index is 0.0853. The Morgan fingerprint density at radius 3 is 2.81 bits per heavy atom. The van der Waals surface area contributed by atoms with Crippen molar-refractivity contribution in [3.8, 4) is 0 Å². The van der Waals surface area contributed by atoms with Crippen LogP contribution in [0.2, 0.25) is 0 Å². The Labute approximate surface area is 102 Å². The number of H-pyrrole nitrogens is 1. The quantitative estimate of drug-likeness (QED) is 0.885. The number of nitrogens with zero attached hydrogens (tertiary/aromatic N) is 1. The van der Waals surface area contributed by atoms with Crippen molar-refractivity contribution >= 4 is 21.8 Å². The van der Waals surface area contributed by atoms with Gasteiger partial charge in [-0.05, 0) is 34.1 Å². The predicted octanol–water partition coefficient (Wildman–Crippen LogP) is 2.01. The minimum atomic E-state index is -0.0853. The summed E-state index contributed by atoms with van der Waals surface area (Å²) in [7, 11) is 0. The van der Waals surface area contributed by atoms with E-state index in [9.17, 15) is 4.79 Å². The zero-order valence-corrected chi connectivity index (χ0v) is 10.2. The highest BCUT2D eigenvalue weighted by molar-refractivity contribution is 9.10. The normalized spacial score (nSPS) is 10.3. The number of amides is 1. The van der Waals surface area contributed by atoms with E-state index < -0.39 is 0 Å². The first-order chi connectivity index (χ1) is 7.75. The fourth-order valence-corrected chi connectivity index (χ4v) is 1.76. The first-order valence-electron chi connectivity index (χ1n) is 4.98. The molecule has 0 aromatic carbocycles. The second-order valence-corrected chi connectivity index (χ2v) is 4.32. The summed E-state index contributed by atoms with van der Waals surface area (Å²) in [5.74, 6) is -0.0853. The first-order valence-corrected chi connectivity index (χ1v) is 5.78. The minimum Gasteiger partial charge on any atom is -0.356 e. The molecule has 16 heavy (non-hydrogen) atoms. The van der Waals surface area contributed by atoms with Crippen LogP contribution in [0.4, 0.5) is 0 Å². The Balaban J connectivity index is 1.80. The number of carbonyl (C=O) groups is 1. The molecule has 0 spiro atoms. The summed E-state index contributed by atoms with van der Waals surface area (Å²) in [6.07, 6.45) is 5.68. The van der Waals surface area contributed by atoms with E-state index in [1.165, 1.54) is 0 Å². The molecule has 0 saturated carbocycles. The number of aromatic amines is 1. The van der Waals surface area contributed by atoms with E-state index in [1.54, 1.807) is 12.3 Å². The molecule has 4 nitrogen and oxygen atoms in total. The number of halogens is 1. The third kappa shape index (κ3) is 2.76. The Morgan fingerprint density at radius 2 is 2.19 bits per heavy atom. The topological polar surface area (TPSA) is 49.8 Å². The van der Waals surface area contributed by atoms with E-state index in [-0.39, 0.29) is 5.91 Å². The van der Waals surface area contributed by atoms with Crippen molar-refractivity contribution in [1.82, 2.24) is 14.9 Å². The zero-order valence-electron chi connectivity index (χ0n) is 8.61. The zero-order chi connectivity index (χ0) is 11.4.